The van der Waals surface area contributed by atoms with Crippen molar-refractivity contribution >= 4 is 28.4 Å². The van der Waals surface area contributed by atoms with E-state index in [-0.39, 0.29) is 5.57 Å². The molecule has 1 amide bonds. The number of benzene rings is 3. The van der Waals surface area contributed by atoms with Crippen LogP contribution in [-0.2, 0) is 4.79 Å². The number of rotatable bonds is 3. The summed E-state index contributed by atoms with van der Waals surface area (Å²) in [6.45, 7) is 1.97. The number of nitriles is 1. The Labute approximate surface area is 140 Å². The van der Waals surface area contributed by atoms with Gasteiger partial charge in [-0.1, -0.05) is 66.2 Å². The van der Waals surface area contributed by atoms with Crippen LogP contribution in [0.25, 0.3) is 16.8 Å². The second kappa shape index (κ2) is 6.80. The average molecular weight is 312 g/mol. The number of aryl methyl sites for hydroxylation is 1. The van der Waals surface area contributed by atoms with Gasteiger partial charge in [0.2, 0.25) is 0 Å². The summed E-state index contributed by atoms with van der Waals surface area (Å²) in [7, 11) is 0. The summed E-state index contributed by atoms with van der Waals surface area (Å²) in [5, 5.41) is 14.2. The van der Waals surface area contributed by atoms with E-state index in [4.69, 9.17) is 0 Å². The normalized spacial score (nSPS) is 11.1. The highest BCUT2D eigenvalue weighted by atomic mass is 16.1. The maximum atomic E-state index is 12.5. The Morgan fingerprint density at radius 3 is 2.58 bits per heavy atom. The molecule has 24 heavy (non-hydrogen) atoms. The van der Waals surface area contributed by atoms with Crippen LogP contribution in [0.4, 0.5) is 5.69 Å². The Hall–Kier alpha value is -3.38. The number of anilines is 1. The van der Waals surface area contributed by atoms with Gasteiger partial charge in [0.15, 0.2) is 0 Å². The lowest BCUT2D eigenvalue weighted by molar-refractivity contribution is -0.112. The molecule has 0 aliphatic carbocycles. The minimum Gasteiger partial charge on any atom is -0.321 e. The van der Waals surface area contributed by atoms with Crippen molar-refractivity contribution in [3.63, 3.8) is 0 Å². The third-order valence-corrected chi connectivity index (χ3v) is 3.76. The summed E-state index contributed by atoms with van der Waals surface area (Å²) in [6.07, 6.45) is 1.60. The molecular formula is C21H16N2O. The lowest BCUT2D eigenvalue weighted by Crippen LogP contribution is -2.13. The van der Waals surface area contributed by atoms with Gasteiger partial charge in [0.25, 0.3) is 5.91 Å². The van der Waals surface area contributed by atoms with Gasteiger partial charge >= 0.3 is 0 Å². The highest BCUT2D eigenvalue weighted by molar-refractivity contribution is 6.12. The number of nitrogens with zero attached hydrogens (tertiary/aromatic N) is 1. The van der Waals surface area contributed by atoms with Crippen LogP contribution in [0.5, 0.6) is 0 Å². The van der Waals surface area contributed by atoms with Crippen molar-refractivity contribution in [1.29, 1.82) is 5.26 Å². The van der Waals surface area contributed by atoms with Crippen LogP contribution in [0, 0.1) is 18.3 Å². The molecule has 3 nitrogen and oxygen atoms in total. The Morgan fingerprint density at radius 1 is 1.04 bits per heavy atom. The fourth-order valence-electron chi connectivity index (χ4n) is 2.60. The van der Waals surface area contributed by atoms with Crippen molar-refractivity contribution in [2.24, 2.45) is 0 Å². The van der Waals surface area contributed by atoms with Crippen molar-refractivity contribution in [2.75, 3.05) is 5.32 Å². The summed E-state index contributed by atoms with van der Waals surface area (Å²) in [5.41, 5.74) is 2.69. The monoisotopic (exact) mass is 312 g/mol. The average Bonchev–Trinajstić information content (AvgIpc) is 2.60. The van der Waals surface area contributed by atoms with E-state index in [1.165, 1.54) is 0 Å². The second-order valence-electron chi connectivity index (χ2n) is 5.56. The molecule has 3 aromatic rings. The van der Waals surface area contributed by atoms with Gasteiger partial charge in [-0.05, 0) is 30.0 Å². The Morgan fingerprint density at radius 2 is 1.79 bits per heavy atom. The Balaban J connectivity index is 1.91. The molecule has 0 atom stereocenters. The van der Waals surface area contributed by atoms with Gasteiger partial charge in [-0.25, -0.2) is 0 Å². The number of hydrogen-bond acceptors (Lipinski definition) is 2. The van der Waals surface area contributed by atoms with Crippen molar-refractivity contribution in [1.82, 2.24) is 0 Å². The van der Waals surface area contributed by atoms with E-state index in [9.17, 15) is 10.1 Å². The molecule has 0 bridgehead atoms. The maximum absolute atomic E-state index is 12.5. The number of amides is 1. The first-order valence-corrected chi connectivity index (χ1v) is 7.65. The molecule has 0 unspecified atom stereocenters. The van der Waals surface area contributed by atoms with Gasteiger partial charge < -0.3 is 5.32 Å². The number of carbonyl (C=O) groups excluding carboxylic acids is 1. The molecule has 3 rings (SSSR count). The zero-order valence-electron chi connectivity index (χ0n) is 13.3. The molecule has 0 saturated heterocycles. The predicted molar refractivity (Wildman–Crippen MR) is 97.3 cm³/mol. The number of nitrogens with one attached hydrogen (secondary N) is 1. The Bertz CT molecular complexity index is 975. The van der Waals surface area contributed by atoms with Gasteiger partial charge in [0, 0.05) is 11.1 Å². The van der Waals surface area contributed by atoms with Crippen molar-refractivity contribution in [2.45, 2.75) is 6.92 Å². The lowest BCUT2D eigenvalue weighted by atomic mass is 10.1. The number of fused-ring (bicyclic) bond motifs is 1. The molecule has 0 radical (unpaired) electrons. The van der Waals surface area contributed by atoms with Crippen LogP contribution in [0.2, 0.25) is 0 Å². The van der Waals surface area contributed by atoms with Gasteiger partial charge in [-0.15, -0.1) is 0 Å². The van der Waals surface area contributed by atoms with E-state index in [0.717, 1.165) is 21.9 Å². The largest absolute Gasteiger partial charge is 0.321 e. The first-order chi connectivity index (χ1) is 11.7. The van der Waals surface area contributed by atoms with E-state index < -0.39 is 5.91 Å². The van der Waals surface area contributed by atoms with Crippen molar-refractivity contribution in [3.8, 4) is 6.07 Å². The molecule has 0 fully saturated rings. The third kappa shape index (κ3) is 3.34. The number of carbonyl (C=O) groups is 1. The zero-order valence-corrected chi connectivity index (χ0v) is 13.3. The van der Waals surface area contributed by atoms with Gasteiger partial charge in [0.1, 0.15) is 11.6 Å². The molecule has 0 saturated carbocycles. The molecule has 0 spiro atoms. The fraction of sp³-hybridized carbons (Fsp3) is 0.0476. The summed E-state index contributed by atoms with van der Waals surface area (Å²) in [4.78, 5) is 12.5. The second-order valence-corrected chi connectivity index (χ2v) is 5.56. The quantitative estimate of drug-likeness (QED) is 0.563. The summed E-state index contributed by atoms with van der Waals surface area (Å²) in [6, 6.07) is 23.2. The zero-order chi connectivity index (χ0) is 16.9. The van der Waals surface area contributed by atoms with E-state index in [0.29, 0.717) is 5.69 Å². The third-order valence-electron chi connectivity index (χ3n) is 3.76. The lowest BCUT2D eigenvalue weighted by Gasteiger charge is -2.08. The summed E-state index contributed by atoms with van der Waals surface area (Å²) in [5.74, 6) is -0.407. The standard InChI is InChI=1S/C21H16N2O/c1-15-6-4-7-16(12-15)13-18(14-22)21(24)23-20-11-5-9-17-8-2-3-10-19(17)20/h2-13H,1H3,(H,23,24)/b18-13+. The molecular weight excluding hydrogens is 296 g/mol. The topological polar surface area (TPSA) is 52.9 Å². The molecule has 116 valence electrons. The minimum absolute atomic E-state index is 0.0773. The van der Waals surface area contributed by atoms with Crippen LogP contribution in [0.1, 0.15) is 11.1 Å². The highest BCUT2D eigenvalue weighted by Crippen LogP contribution is 2.23. The molecule has 0 aliphatic rings. The van der Waals surface area contributed by atoms with E-state index in [1.807, 2.05) is 79.7 Å². The SMILES string of the molecule is Cc1cccc(/C=C(\C#N)C(=O)Nc2cccc3ccccc23)c1. The summed E-state index contributed by atoms with van der Waals surface area (Å²) < 4.78 is 0. The molecule has 0 aliphatic heterocycles. The molecule has 3 heteroatoms. The van der Waals surface area contributed by atoms with Crippen LogP contribution in [0.15, 0.2) is 72.3 Å². The summed E-state index contributed by atoms with van der Waals surface area (Å²) >= 11 is 0. The first-order valence-electron chi connectivity index (χ1n) is 7.65. The van der Waals surface area contributed by atoms with Crippen LogP contribution in [0.3, 0.4) is 0 Å². The maximum Gasteiger partial charge on any atom is 0.266 e. The first kappa shape index (κ1) is 15.5. The predicted octanol–water partition coefficient (Wildman–Crippen LogP) is 4.69. The van der Waals surface area contributed by atoms with Crippen molar-refractivity contribution < 1.29 is 4.79 Å². The molecule has 0 aromatic heterocycles. The van der Waals surface area contributed by atoms with Gasteiger partial charge in [0.05, 0.1) is 0 Å². The van der Waals surface area contributed by atoms with E-state index in [1.54, 1.807) is 6.08 Å². The van der Waals surface area contributed by atoms with Crippen LogP contribution >= 0.6 is 0 Å². The Kier molecular flexibility index (Phi) is 4.40. The minimum atomic E-state index is -0.407. The van der Waals surface area contributed by atoms with Gasteiger partial charge in [-0.2, -0.15) is 5.26 Å². The molecule has 0 heterocycles. The van der Waals surface area contributed by atoms with Gasteiger partial charge in [-0.3, -0.25) is 4.79 Å². The number of hydrogen-bond donors (Lipinski definition) is 1. The van der Waals surface area contributed by atoms with Crippen LogP contribution < -0.4 is 5.32 Å². The molecule has 3 aromatic carbocycles. The fourth-order valence-corrected chi connectivity index (χ4v) is 2.60. The van der Waals surface area contributed by atoms with E-state index >= 15 is 0 Å². The smallest absolute Gasteiger partial charge is 0.266 e. The molecule has 1 N–H and O–H groups in total. The highest BCUT2D eigenvalue weighted by Gasteiger charge is 2.11. The van der Waals surface area contributed by atoms with E-state index in [2.05, 4.69) is 5.32 Å². The van der Waals surface area contributed by atoms with Crippen LogP contribution in [-0.4, -0.2) is 5.91 Å². The van der Waals surface area contributed by atoms with Crippen molar-refractivity contribution in [3.05, 3.63) is 83.4 Å².